The van der Waals surface area contributed by atoms with E-state index in [2.05, 4.69) is 73.9 Å². The first kappa shape index (κ1) is 21.8. The number of para-hydroxylation sites is 2. The Bertz CT molecular complexity index is 1530. The Morgan fingerprint density at radius 2 is 1.54 bits per heavy atom. The molecule has 9 nitrogen and oxygen atoms in total. The number of aromatic nitrogens is 5. The number of hydrogen-bond donors (Lipinski definition) is 3. The topological polar surface area (TPSA) is 114 Å². The van der Waals surface area contributed by atoms with Gasteiger partial charge in [-0.2, -0.15) is 10.1 Å². The van der Waals surface area contributed by atoms with Crippen molar-refractivity contribution in [2.45, 2.75) is 24.7 Å². The fraction of sp³-hybridized carbons (Fsp3) is 0.286. The molecule has 2 saturated heterocycles. The molecular formula is C28H27N7O2. The maximum Gasteiger partial charge on any atom is 0.230 e. The zero-order valence-electron chi connectivity index (χ0n) is 20.3. The van der Waals surface area contributed by atoms with Crippen molar-refractivity contribution in [1.82, 2.24) is 30.0 Å². The van der Waals surface area contributed by atoms with Gasteiger partial charge in [-0.15, -0.1) is 0 Å². The standard InChI is InChI=1S/C28H27N7O2/c36-25-13-18(16-35(25)27-31-17-32-33-27)26(37)34-11-9-28(10-12-34,21-14-29-23-7-3-1-5-19(21)23)22-15-30-24-8-4-2-6-20(22)24/h1-8,14-15,17-18,29-30H,9-13,16H2,(H,31,32,33)/t18-/m0/s1. The first-order valence-corrected chi connectivity index (χ1v) is 12.7. The van der Waals surface area contributed by atoms with Crippen LogP contribution in [0.15, 0.2) is 67.3 Å². The van der Waals surface area contributed by atoms with E-state index >= 15 is 0 Å². The molecular weight excluding hydrogens is 466 g/mol. The number of benzene rings is 2. The van der Waals surface area contributed by atoms with Gasteiger partial charge < -0.3 is 14.9 Å². The van der Waals surface area contributed by atoms with Crippen LogP contribution in [0.2, 0.25) is 0 Å². The highest BCUT2D eigenvalue weighted by atomic mass is 16.2. The van der Waals surface area contributed by atoms with E-state index in [1.54, 1.807) is 0 Å². The number of H-pyrrole nitrogens is 3. The molecule has 3 aromatic heterocycles. The van der Waals surface area contributed by atoms with Gasteiger partial charge in [0.2, 0.25) is 17.8 Å². The van der Waals surface area contributed by atoms with Gasteiger partial charge in [-0.25, -0.2) is 5.10 Å². The first-order chi connectivity index (χ1) is 18.1. The number of nitrogens with one attached hydrogen (secondary N) is 3. The lowest BCUT2D eigenvalue weighted by atomic mass is 9.67. The largest absolute Gasteiger partial charge is 0.361 e. The number of piperidine rings is 1. The molecule has 5 heterocycles. The Morgan fingerprint density at radius 3 is 2.14 bits per heavy atom. The molecule has 2 aliphatic heterocycles. The number of aromatic amines is 3. The van der Waals surface area contributed by atoms with Crippen molar-refractivity contribution in [2.75, 3.05) is 24.5 Å². The lowest BCUT2D eigenvalue weighted by Crippen LogP contribution is -2.47. The van der Waals surface area contributed by atoms with Gasteiger partial charge in [0, 0.05) is 65.7 Å². The summed E-state index contributed by atoms with van der Waals surface area (Å²) in [6.07, 6.45) is 7.47. The molecule has 0 spiro atoms. The minimum absolute atomic E-state index is 0.0434. The van der Waals surface area contributed by atoms with Crippen LogP contribution in [0.3, 0.4) is 0 Å². The fourth-order valence-electron chi connectivity index (χ4n) is 6.39. The highest BCUT2D eigenvalue weighted by Crippen LogP contribution is 2.47. The molecule has 2 fully saturated rings. The zero-order chi connectivity index (χ0) is 25.0. The Hall–Kier alpha value is -4.40. The zero-order valence-corrected chi connectivity index (χ0v) is 20.3. The summed E-state index contributed by atoms with van der Waals surface area (Å²) in [4.78, 5) is 40.7. The maximum atomic E-state index is 13.6. The van der Waals surface area contributed by atoms with E-state index in [-0.39, 0.29) is 29.6 Å². The van der Waals surface area contributed by atoms with Gasteiger partial charge in [0.05, 0.1) is 5.92 Å². The number of nitrogens with zero attached hydrogens (tertiary/aromatic N) is 4. The molecule has 9 heteroatoms. The van der Waals surface area contributed by atoms with Gasteiger partial charge in [-0.05, 0) is 36.1 Å². The molecule has 0 unspecified atom stereocenters. The summed E-state index contributed by atoms with van der Waals surface area (Å²) in [7, 11) is 0. The quantitative estimate of drug-likeness (QED) is 0.354. The van der Waals surface area contributed by atoms with Crippen molar-refractivity contribution >= 4 is 39.6 Å². The van der Waals surface area contributed by atoms with E-state index in [0.29, 0.717) is 25.6 Å². The molecule has 0 aliphatic carbocycles. The number of fused-ring (bicyclic) bond motifs is 2. The number of carbonyl (C=O) groups is 2. The maximum absolute atomic E-state index is 13.6. The van der Waals surface area contributed by atoms with Crippen LogP contribution in [0.1, 0.15) is 30.4 Å². The smallest absolute Gasteiger partial charge is 0.230 e. The van der Waals surface area contributed by atoms with E-state index in [0.717, 1.165) is 23.9 Å². The molecule has 0 bridgehead atoms. The SMILES string of the molecule is O=C([C@H]1CC(=O)N(c2ncn[nH]2)C1)N1CCC(c2c[nH]c3ccccc23)(c2c[nH]c3ccccc23)CC1. The van der Waals surface area contributed by atoms with Crippen molar-refractivity contribution in [2.24, 2.45) is 5.92 Å². The molecule has 37 heavy (non-hydrogen) atoms. The normalized spacial score (nSPS) is 19.8. The van der Waals surface area contributed by atoms with Gasteiger partial charge in [0.1, 0.15) is 6.33 Å². The van der Waals surface area contributed by atoms with Crippen molar-refractivity contribution in [3.63, 3.8) is 0 Å². The fourth-order valence-corrected chi connectivity index (χ4v) is 6.39. The second-order valence-electron chi connectivity index (χ2n) is 10.1. The van der Waals surface area contributed by atoms with Crippen LogP contribution < -0.4 is 4.90 Å². The Morgan fingerprint density at radius 1 is 0.919 bits per heavy atom. The summed E-state index contributed by atoms with van der Waals surface area (Å²) in [5, 5.41) is 9.01. The molecule has 186 valence electrons. The Balaban J connectivity index is 1.20. The molecule has 1 atom stereocenters. The summed E-state index contributed by atoms with van der Waals surface area (Å²) in [5.74, 6) is -0.0243. The average Bonchev–Trinajstić information content (AvgIpc) is 3.74. The van der Waals surface area contributed by atoms with E-state index in [9.17, 15) is 9.59 Å². The van der Waals surface area contributed by atoms with E-state index in [1.807, 2.05) is 17.0 Å². The third kappa shape index (κ3) is 3.37. The predicted molar refractivity (Wildman–Crippen MR) is 140 cm³/mol. The molecule has 5 aromatic rings. The van der Waals surface area contributed by atoms with E-state index in [4.69, 9.17) is 0 Å². The number of rotatable bonds is 4. The molecule has 2 amide bonds. The minimum Gasteiger partial charge on any atom is -0.361 e. The summed E-state index contributed by atoms with van der Waals surface area (Å²) >= 11 is 0. The number of hydrogen-bond acceptors (Lipinski definition) is 4. The lowest BCUT2D eigenvalue weighted by Gasteiger charge is -2.42. The molecule has 0 radical (unpaired) electrons. The third-order valence-electron chi connectivity index (χ3n) is 8.27. The van der Waals surface area contributed by atoms with Crippen molar-refractivity contribution in [1.29, 1.82) is 0 Å². The second kappa shape index (κ2) is 8.33. The van der Waals surface area contributed by atoms with Crippen molar-refractivity contribution in [3.05, 3.63) is 78.4 Å². The Kier molecular flexibility index (Phi) is 4.92. The van der Waals surface area contributed by atoms with Crippen molar-refractivity contribution in [3.8, 4) is 0 Å². The Labute approximate surface area is 212 Å². The molecule has 3 N–H and O–H groups in total. The second-order valence-corrected chi connectivity index (χ2v) is 10.1. The van der Waals surface area contributed by atoms with Crippen LogP contribution in [-0.4, -0.2) is 61.5 Å². The predicted octanol–water partition coefficient (Wildman–Crippen LogP) is 3.73. The van der Waals surface area contributed by atoms with Gasteiger partial charge >= 0.3 is 0 Å². The number of anilines is 1. The summed E-state index contributed by atoms with van der Waals surface area (Å²) in [5.41, 5.74) is 4.53. The minimum atomic E-state index is -0.369. The van der Waals surface area contributed by atoms with Crippen LogP contribution in [0.5, 0.6) is 0 Å². The van der Waals surface area contributed by atoms with Crippen LogP contribution >= 0.6 is 0 Å². The summed E-state index contributed by atoms with van der Waals surface area (Å²) in [6.45, 7) is 1.59. The van der Waals surface area contributed by atoms with Crippen LogP contribution in [0, 0.1) is 5.92 Å². The van der Waals surface area contributed by atoms with Crippen molar-refractivity contribution < 1.29 is 9.59 Å². The van der Waals surface area contributed by atoms with E-state index in [1.165, 1.54) is 33.1 Å². The van der Waals surface area contributed by atoms with Crippen LogP contribution in [0.4, 0.5) is 5.95 Å². The highest BCUT2D eigenvalue weighted by molar-refractivity contribution is 5.99. The average molecular weight is 494 g/mol. The number of likely N-dealkylation sites (tertiary alicyclic amines) is 1. The third-order valence-corrected chi connectivity index (χ3v) is 8.27. The summed E-state index contributed by atoms with van der Waals surface area (Å²) in [6, 6.07) is 16.8. The van der Waals surface area contributed by atoms with Gasteiger partial charge in [-0.1, -0.05) is 36.4 Å². The first-order valence-electron chi connectivity index (χ1n) is 12.7. The highest BCUT2D eigenvalue weighted by Gasteiger charge is 2.44. The molecule has 7 rings (SSSR count). The van der Waals surface area contributed by atoms with E-state index < -0.39 is 0 Å². The molecule has 0 saturated carbocycles. The number of amides is 2. The van der Waals surface area contributed by atoms with Gasteiger partial charge in [0.25, 0.3) is 0 Å². The molecule has 2 aliphatic rings. The lowest BCUT2D eigenvalue weighted by molar-refractivity contribution is -0.137. The number of carbonyl (C=O) groups excluding carboxylic acids is 2. The van der Waals surface area contributed by atoms with Gasteiger partial charge in [-0.3, -0.25) is 14.5 Å². The van der Waals surface area contributed by atoms with Gasteiger partial charge in [0.15, 0.2) is 0 Å². The molecule has 2 aromatic carbocycles. The van der Waals surface area contributed by atoms with Crippen LogP contribution in [-0.2, 0) is 15.0 Å². The van der Waals surface area contributed by atoms with Crippen LogP contribution in [0.25, 0.3) is 21.8 Å². The summed E-state index contributed by atoms with van der Waals surface area (Å²) < 4.78 is 0. The monoisotopic (exact) mass is 493 g/mol.